The topological polar surface area (TPSA) is 93.9 Å². The van der Waals surface area contributed by atoms with Crippen molar-refractivity contribution in [1.82, 2.24) is 15.2 Å². The third kappa shape index (κ3) is 3.36. The summed E-state index contributed by atoms with van der Waals surface area (Å²) < 4.78 is 58.5. The van der Waals surface area contributed by atoms with Gasteiger partial charge in [0, 0.05) is 5.57 Å². The van der Waals surface area contributed by atoms with E-state index in [1.807, 2.05) is 0 Å². The van der Waals surface area contributed by atoms with Crippen LogP contribution in [0.5, 0.6) is 0 Å². The van der Waals surface area contributed by atoms with Crippen molar-refractivity contribution in [2.45, 2.75) is 18.1 Å². The number of hydrogen-bond acceptors (Lipinski definition) is 4. The summed E-state index contributed by atoms with van der Waals surface area (Å²) in [5.41, 5.74) is 4.88. The number of nitrogens with two attached hydrogens (primary N) is 1. The zero-order valence-electron chi connectivity index (χ0n) is 13.0. The smallest absolute Gasteiger partial charge is 0.363 e. The van der Waals surface area contributed by atoms with Gasteiger partial charge in [-0.25, -0.2) is 14.1 Å². The van der Waals surface area contributed by atoms with Gasteiger partial charge in [-0.15, -0.1) is 13.2 Å². The predicted molar refractivity (Wildman–Crippen MR) is 82.2 cm³/mol. The third-order valence-corrected chi connectivity index (χ3v) is 3.70. The Morgan fingerprint density at radius 1 is 1.27 bits per heavy atom. The molecule has 1 aromatic heterocycles. The maximum Gasteiger partial charge on any atom is 0.525 e. The van der Waals surface area contributed by atoms with E-state index < -0.39 is 35.7 Å². The average Bonchev–Trinajstić information content (AvgIpc) is 3.03. The monoisotopic (exact) mass is 368 g/mol. The van der Waals surface area contributed by atoms with Crippen molar-refractivity contribution in [3.05, 3.63) is 65.8 Å². The molecule has 0 saturated carbocycles. The number of ether oxygens (including phenoxy) is 1. The summed E-state index contributed by atoms with van der Waals surface area (Å²) in [6, 6.07) is 7.63. The van der Waals surface area contributed by atoms with Gasteiger partial charge < -0.3 is 5.73 Å². The van der Waals surface area contributed by atoms with E-state index in [9.17, 15) is 18.0 Å². The number of H-pyrrole nitrogens is 1. The number of aromatic nitrogens is 3. The highest BCUT2D eigenvalue weighted by molar-refractivity contribution is 5.88. The van der Waals surface area contributed by atoms with Crippen molar-refractivity contribution in [2.75, 3.05) is 0 Å². The molecule has 26 heavy (non-hydrogen) atoms. The number of allylic oxidation sites excluding steroid dienone is 2. The molecule has 0 radical (unpaired) electrons. The summed E-state index contributed by atoms with van der Waals surface area (Å²) in [4.78, 5) is 14.8. The van der Waals surface area contributed by atoms with Crippen LogP contribution in [0.25, 0.3) is 5.57 Å². The van der Waals surface area contributed by atoms with Crippen LogP contribution < -0.4 is 5.73 Å². The van der Waals surface area contributed by atoms with Gasteiger partial charge >= 0.3 is 6.36 Å². The minimum Gasteiger partial charge on any atom is -0.363 e. The Balaban J connectivity index is 2.10. The second-order valence-electron chi connectivity index (χ2n) is 5.41. The van der Waals surface area contributed by atoms with Crippen LogP contribution in [0.4, 0.5) is 17.6 Å². The lowest BCUT2D eigenvalue weighted by Crippen LogP contribution is -2.41. The zero-order valence-corrected chi connectivity index (χ0v) is 13.0. The highest BCUT2D eigenvalue weighted by Crippen LogP contribution is 2.48. The Bertz CT molecular complexity index is 876. The molecule has 0 saturated heterocycles. The lowest BCUT2D eigenvalue weighted by molar-refractivity contribution is -0.380. The second kappa shape index (κ2) is 6.37. The van der Waals surface area contributed by atoms with E-state index in [4.69, 9.17) is 5.73 Å². The van der Waals surface area contributed by atoms with Crippen molar-refractivity contribution in [3.8, 4) is 0 Å². The maximum atomic E-state index is 15.7. The summed E-state index contributed by atoms with van der Waals surface area (Å²) >= 11 is 0. The largest absolute Gasteiger partial charge is 0.525 e. The number of primary amides is 1. The molecular formula is C16H12F4N4O2. The normalized spacial score (nSPS) is 22.9. The molecule has 1 amide bonds. The first-order chi connectivity index (χ1) is 12.2. The molecule has 10 heteroatoms. The van der Waals surface area contributed by atoms with E-state index in [0.29, 0.717) is 0 Å². The fourth-order valence-corrected chi connectivity index (χ4v) is 2.64. The van der Waals surface area contributed by atoms with Gasteiger partial charge in [-0.1, -0.05) is 48.6 Å². The number of aromatic amines is 1. The van der Waals surface area contributed by atoms with Crippen LogP contribution >= 0.6 is 0 Å². The molecule has 3 rings (SSSR count). The van der Waals surface area contributed by atoms with Gasteiger partial charge in [0.05, 0.1) is 0 Å². The number of hydrogen-bond donors (Lipinski definition) is 2. The number of carbonyl (C=O) groups excluding carboxylic acids is 1. The molecule has 1 aromatic carbocycles. The summed E-state index contributed by atoms with van der Waals surface area (Å²) in [6.45, 7) is 0. The van der Waals surface area contributed by atoms with Crippen LogP contribution in [0.15, 0.2) is 48.6 Å². The molecule has 1 aliphatic carbocycles. The molecule has 0 spiro atoms. The van der Waals surface area contributed by atoms with E-state index >= 15 is 4.39 Å². The highest BCUT2D eigenvalue weighted by Gasteiger charge is 2.54. The molecule has 0 bridgehead atoms. The minimum absolute atomic E-state index is 0.194. The van der Waals surface area contributed by atoms with Crippen LogP contribution in [-0.4, -0.2) is 33.3 Å². The first-order valence-electron chi connectivity index (χ1n) is 7.33. The Morgan fingerprint density at radius 3 is 2.54 bits per heavy atom. The van der Waals surface area contributed by atoms with E-state index in [1.165, 1.54) is 24.3 Å². The Labute approximate surface area is 144 Å². The first-order valence-corrected chi connectivity index (χ1v) is 7.33. The van der Waals surface area contributed by atoms with E-state index in [1.54, 1.807) is 18.2 Å². The fraction of sp³-hybridized carbons (Fsp3) is 0.188. The van der Waals surface area contributed by atoms with Crippen LogP contribution in [0.3, 0.4) is 0 Å². The minimum atomic E-state index is -5.27. The van der Waals surface area contributed by atoms with Gasteiger partial charge in [0.1, 0.15) is 5.92 Å². The summed E-state index contributed by atoms with van der Waals surface area (Å²) in [6.07, 6.45) is -1.61. The molecule has 0 aliphatic heterocycles. The van der Waals surface area contributed by atoms with Crippen LogP contribution in [0, 0.1) is 0 Å². The average molecular weight is 368 g/mol. The zero-order chi connectivity index (χ0) is 18.9. The Kier molecular flexibility index (Phi) is 4.36. The van der Waals surface area contributed by atoms with E-state index in [0.717, 1.165) is 6.08 Å². The number of alkyl halides is 4. The number of halogens is 4. The number of benzene rings is 1. The lowest BCUT2D eigenvalue weighted by Gasteiger charge is -2.35. The van der Waals surface area contributed by atoms with Gasteiger partial charge in [0.2, 0.25) is 5.82 Å². The number of rotatable bonds is 4. The lowest BCUT2D eigenvalue weighted by atomic mass is 9.84. The number of nitrogens with zero attached hydrogens (tertiary/aromatic N) is 2. The number of nitrogens with one attached hydrogen (secondary N) is 1. The summed E-state index contributed by atoms with van der Waals surface area (Å²) in [5, 5.41) is 5.78. The molecule has 2 atom stereocenters. The van der Waals surface area contributed by atoms with Gasteiger partial charge in [-0.2, -0.15) is 5.10 Å². The van der Waals surface area contributed by atoms with Crippen LogP contribution in [-0.2, 0) is 4.74 Å². The van der Waals surface area contributed by atoms with Crippen molar-refractivity contribution < 1.29 is 27.1 Å². The quantitative estimate of drug-likeness (QED) is 0.812. The molecule has 2 aromatic rings. The fourth-order valence-electron chi connectivity index (χ4n) is 2.64. The third-order valence-electron chi connectivity index (χ3n) is 3.70. The van der Waals surface area contributed by atoms with Gasteiger partial charge in [-0.3, -0.25) is 9.89 Å². The van der Waals surface area contributed by atoms with Gasteiger partial charge in [0.25, 0.3) is 11.8 Å². The SMILES string of the molecule is NC(=O)c1nc(C2C=CC=C(c3ccccc3)C2(F)OC(F)(F)F)n[nH]1. The molecule has 136 valence electrons. The number of carbonyl (C=O) groups is 1. The Hall–Kier alpha value is -3.01. The van der Waals surface area contributed by atoms with Crippen molar-refractivity contribution in [2.24, 2.45) is 5.73 Å². The second-order valence-corrected chi connectivity index (χ2v) is 5.41. The molecule has 3 N–H and O–H groups in total. The molecular weight excluding hydrogens is 356 g/mol. The van der Waals surface area contributed by atoms with Gasteiger partial charge in [0.15, 0.2) is 5.82 Å². The number of amides is 1. The van der Waals surface area contributed by atoms with E-state index in [-0.39, 0.29) is 11.1 Å². The molecule has 2 unspecified atom stereocenters. The van der Waals surface area contributed by atoms with Crippen molar-refractivity contribution >= 4 is 11.5 Å². The highest BCUT2D eigenvalue weighted by atomic mass is 19.4. The van der Waals surface area contributed by atoms with Crippen molar-refractivity contribution in [1.29, 1.82) is 0 Å². The van der Waals surface area contributed by atoms with Crippen LogP contribution in [0.1, 0.15) is 27.9 Å². The van der Waals surface area contributed by atoms with Crippen LogP contribution in [0.2, 0.25) is 0 Å². The predicted octanol–water partition coefficient (Wildman–Crippen LogP) is 2.84. The standard InChI is InChI=1S/C16H12F4N4O2/c17-15(26-16(18,19)20)10(9-5-2-1-3-6-9)7-4-8-11(15)13-22-14(12(21)25)24-23-13/h1-8,11H,(H2,21,25)(H,22,23,24). The van der Waals surface area contributed by atoms with Crippen molar-refractivity contribution in [3.63, 3.8) is 0 Å². The maximum absolute atomic E-state index is 15.7. The summed E-state index contributed by atoms with van der Waals surface area (Å²) in [5.74, 6) is -6.79. The molecule has 1 heterocycles. The molecule has 0 fully saturated rings. The molecule has 6 nitrogen and oxygen atoms in total. The van der Waals surface area contributed by atoms with E-state index in [2.05, 4.69) is 19.9 Å². The molecule has 1 aliphatic rings. The first kappa shape index (κ1) is 17.8. The summed E-state index contributed by atoms with van der Waals surface area (Å²) in [7, 11) is 0. The van der Waals surface area contributed by atoms with Gasteiger partial charge in [-0.05, 0) is 5.56 Å². The Morgan fingerprint density at radius 2 is 1.96 bits per heavy atom.